The molecule has 22 heavy (non-hydrogen) atoms. The Morgan fingerprint density at radius 1 is 1.27 bits per heavy atom. The molecule has 0 aliphatic rings. The smallest absolute Gasteiger partial charge is 0.244 e. The van der Waals surface area contributed by atoms with Gasteiger partial charge in [-0.25, -0.2) is 4.98 Å². The largest absolute Gasteiger partial charge is 0.322 e. The molecule has 0 aliphatic heterocycles. The summed E-state index contributed by atoms with van der Waals surface area (Å²) in [6, 6.07) is 9.76. The van der Waals surface area contributed by atoms with Crippen molar-refractivity contribution in [3.05, 3.63) is 52.0 Å². The van der Waals surface area contributed by atoms with Gasteiger partial charge in [0, 0.05) is 12.3 Å². The van der Waals surface area contributed by atoms with Crippen LogP contribution in [0.15, 0.2) is 35.7 Å². The zero-order valence-electron chi connectivity index (χ0n) is 12.2. The van der Waals surface area contributed by atoms with E-state index in [-0.39, 0.29) is 24.3 Å². The number of nitrogens with one attached hydrogen (secondary N) is 2. The van der Waals surface area contributed by atoms with E-state index in [0.29, 0.717) is 12.1 Å². The van der Waals surface area contributed by atoms with E-state index in [1.807, 2.05) is 35.7 Å². The van der Waals surface area contributed by atoms with Crippen LogP contribution in [0.2, 0.25) is 0 Å². The lowest BCUT2D eigenvalue weighted by Crippen LogP contribution is -2.41. The number of nitrogens with two attached hydrogens (primary N) is 1. The molecule has 0 radical (unpaired) electrons. The molecule has 1 aromatic carbocycles. The highest BCUT2D eigenvalue weighted by Gasteiger charge is 2.13. The first-order valence-corrected chi connectivity index (χ1v) is 7.72. The normalized spacial score (nSPS) is 11.7. The number of carbonyl (C=O) groups is 2. The number of hydrogen-bond donors (Lipinski definition) is 3. The molecule has 7 heteroatoms. The maximum atomic E-state index is 11.6. The summed E-state index contributed by atoms with van der Waals surface area (Å²) < 4.78 is 0. The fourth-order valence-electron chi connectivity index (χ4n) is 1.90. The van der Waals surface area contributed by atoms with Gasteiger partial charge in [0.15, 0.2) is 0 Å². The number of benzene rings is 1. The molecular weight excluding hydrogens is 300 g/mol. The van der Waals surface area contributed by atoms with E-state index in [1.165, 1.54) is 18.3 Å². The number of thiazole rings is 1. The quantitative estimate of drug-likeness (QED) is 0.719. The van der Waals surface area contributed by atoms with E-state index in [1.54, 1.807) is 0 Å². The molecule has 1 atom stereocenters. The first-order valence-electron chi connectivity index (χ1n) is 6.84. The molecule has 2 amide bonds. The molecule has 1 unspecified atom stereocenters. The minimum absolute atomic E-state index is 0.106. The summed E-state index contributed by atoms with van der Waals surface area (Å²) in [6.45, 7) is 1.32. The summed E-state index contributed by atoms with van der Waals surface area (Å²) in [7, 11) is 0. The molecule has 0 aliphatic carbocycles. The standard InChI is InChI=1S/C15H18N4O2S/c1-10(20)18-19-14(21)8-12-9-22-15(17-12)13(16)7-11-5-3-2-4-6-11/h2-6,9,13H,7-8,16H2,1H3,(H,18,20)(H,19,21). The molecule has 2 aromatic rings. The van der Waals surface area contributed by atoms with Gasteiger partial charge in [0.2, 0.25) is 11.8 Å². The monoisotopic (exact) mass is 318 g/mol. The van der Waals surface area contributed by atoms with Crippen LogP contribution < -0.4 is 16.6 Å². The van der Waals surface area contributed by atoms with E-state index < -0.39 is 0 Å². The molecule has 6 nitrogen and oxygen atoms in total. The third-order valence-electron chi connectivity index (χ3n) is 2.90. The fraction of sp³-hybridized carbons (Fsp3) is 0.267. The molecule has 0 spiro atoms. The van der Waals surface area contributed by atoms with Gasteiger partial charge in [-0.2, -0.15) is 0 Å². The van der Waals surface area contributed by atoms with Crippen molar-refractivity contribution in [1.82, 2.24) is 15.8 Å². The average Bonchev–Trinajstić information content (AvgIpc) is 2.95. The van der Waals surface area contributed by atoms with Crippen LogP contribution in [0, 0.1) is 0 Å². The minimum Gasteiger partial charge on any atom is -0.322 e. The Balaban J connectivity index is 1.90. The van der Waals surface area contributed by atoms with Gasteiger partial charge in [0.25, 0.3) is 0 Å². The van der Waals surface area contributed by atoms with Crippen LogP contribution in [-0.4, -0.2) is 16.8 Å². The van der Waals surface area contributed by atoms with Gasteiger partial charge < -0.3 is 5.73 Å². The van der Waals surface area contributed by atoms with Gasteiger partial charge in [0.1, 0.15) is 5.01 Å². The van der Waals surface area contributed by atoms with Gasteiger partial charge in [-0.05, 0) is 12.0 Å². The van der Waals surface area contributed by atoms with Crippen molar-refractivity contribution in [2.45, 2.75) is 25.8 Å². The van der Waals surface area contributed by atoms with Crippen LogP contribution >= 0.6 is 11.3 Å². The molecule has 1 aromatic heterocycles. The van der Waals surface area contributed by atoms with Gasteiger partial charge in [0.05, 0.1) is 18.2 Å². The second-order valence-corrected chi connectivity index (χ2v) is 5.77. The minimum atomic E-state index is -0.322. The summed E-state index contributed by atoms with van der Waals surface area (Å²) in [4.78, 5) is 26.7. The van der Waals surface area contributed by atoms with Gasteiger partial charge in [-0.3, -0.25) is 20.4 Å². The second kappa shape index (κ2) is 7.67. The summed E-state index contributed by atoms with van der Waals surface area (Å²) in [5.74, 6) is -0.638. The summed E-state index contributed by atoms with van der Waals surface area (Å²) in [6.07, 6.45) is 0.806. The van der Waals surface area contributed by atoms with Crippen molar-refractivity contribution in [3.63, 3.8) is 0 Å². The number of aromatic nitrogens is 1. The summed E-state index contributed by atoms with van der Waals surface area (Å²) in [5.41, 5.74) is 12.5. The molecular formula is C15H18N4O2S. The highest BCUT2D eigenvalue weighted by Crippen LogP contribution is 2.20. The molecule has 1 heterocycles. The number of nitrogens with zero attached hydrogens (tertiary/aromatic N) is 1. The topological polar surface area (TPSA) is 97.1 Å². The SMILES string of the molecule is CC(=O)NNC(=O)Cc1csc(C(N)Cc2ccccc2)n1. The molecule has 116 valence electrons. The lowest BCUT2D eigenvalue weighted by atomic mass is 10.1. The van der Waals surface area contributed by atoms with E-state index in [9.17, 15) is 9.59 Å². The Kier molecular flexibility index (Phi) is 5.62. The predicted octanol–water partition coefficient (Wildman–Crippen LogP) is 1.10. The van der Waals surface area contributed by atoms with Crippen molar-refractivity contribution in [2.75, 3.05) is 0 Å². The Labute approximate surface area is 132 Å². The van der Waals surface area contributed by atoms with Crippen LogP contribution in [0.1, 0.15) is 29.2 Å². The van der Waals surface area contributed by atoms with Crippen LogP contribution in [-0.2, 0) is 22.4 Å². The molecule has 0 saturated carbocycles. The molecule has 0 saturated heterocycles. The highest BCUT2D eigenvalue weighted by molar-refractivity contribution is 7.09. The molecule has 2 rings (SSSR count). The molecule has 0 fully saturated rings. The molecule has 0 bridgehead atoms. The third-order valence-corrected chi connectivity index (χ3v) is 3.93. The third kappa shape index (κ3) is 4.94. The highest BCUT2D eigenvalue weighted by atomic mass is 32.1. The number of rotatable bonds is 5. The second-order valence-electron chi connectivity index (χ2n) is 4.88. The Bertz CT molecular complexity index is 642. The van der Waals surface area contributed by atoms with Crippen LogP contribution in [0.4, 0.5) is 0 Å². The number of hydrazine groups is 1. The van der Waals surface area contributed by atoms with Crippen LogP contribution in [0.25, 0.3) is 0 Å². The first kappa shape index (κ1) is 16.1. The number of carbonyl (C=O) groups excluding carboxylic acids is 2. The van der Waals surface area contributed by atoms with Gasteiger partial charge >= 0.3 is 0 Å². The first-order chi connectivity index (χ1) is 10.5. The summed E-state index contributed by atoms with van der Waals surface area (Å²) >= 11 is 1.44. The predicted molar refractivity (Wildman–Crippen MR) is 84.9 cm³/mol. The van der Waals surface area contributed by atoms with Crippen molar-refractivity contribution in [3.8, 4) is 0 Å². The van der Waals surface area contributed by atoms with Crippen molar-refractivity contribution in [1.29, 1.82) is 0 Å². The zero-order chi connectivity index (χ0) is 15.9. The van der Waals surface area contributed by atoms with Crippen molar-refractivity contribution >= 4 is 23.2 Å². The lowest BCUT2D eigenvalue weighted by molar-refractivity contribution is -0.127. The maximum absolute atomic E-state index is 11.6. The molecule has 4 N–H and O–H groups in total. The van der Waals surface area contributed by atoms with Crippen LogP contribution in [0.5, 0.6) is 0 Å². The lowest BCUT2D eigenvalue weighted by Gasteiger charge is -2.08. The number of hydrogen-bond acceptors (Lipinski definition) is 5. The number of amides is 2. The van der Waals surface area contributed by atoms with Crippen LogP contribution in [0.3, 0.4) is 0 Å². The maximum Gasteiger partial charge on any atom is 0.244 e. The van der Waals surface area contributed by atoms with Crippen molar-refractivity contribution in [2.24, 2.45) is 5.73 Å². The van der Waals surface area contributed by atoms with E-state index in [2.05, 4.69) is 15.8 Å². The average molecular weight is 318 g/mol. The van der Waals surface area contributed by atoms with Gasteiger partial charge in [-0.1, -0.05) is 30.3 Å². The van der Waals surface area contributed by atoms with E-state index >= 15 is 0 Å². The zero-order valence-corrected chi connectivity index (χ0v) is 13.0. The van der Waals surface area contributed by atoms with E-state index in [0.717, 1.165) is 10.6 Å². The van der Waals surface area contributed by atoms with E-state index in [4.69, 9.17) is 5.73 Å². The van der Waals surface area contributed by atoms with Gasteiger partial charge in [-0.15, -0.1) is 11.3 Å². The fourth-order valence-corrected chi connectivity index (χ4v) is 2.72. The Morgan fingerprint density at radius 3 is 2.68 bits per heavy atom. The van der Waals surface area contributed by atoms with Crippen molar-refractivity contribution < 1.29 is 9.59 Å². The Morgan fingerprint density at radius 2 is 2.00 bits per heavy atom. The summed E-state index contributed by atoms with van der Waals surface area (Å²) in [5, 5.41) is 2.61. The Hall–Kier alpha value is -2.25.